The predicted octanol–water partition coefficient (Wildman–Crippen LogP) is 2.50. The Bertz CT molecular complexity index is 724. The number of nitrogens with zero attached hydrogens (tertiary/aromatic N) is 3. The minimum absolute atomic E-state index is 0.116. The van der Waals surface area contributed by atoms with Crippen molar-refractivity contribution >= 4 is 11.7 Å². The number of nitrogens with two attached hydrogens (primary N) is 1. The molecule has 4 rings (SSSR count). The lowest BCUT2D eigenvalue weighted by atomic mass is 9.81. The molecule has 134 valence electrons. The quantitative estimate of drug-likeness (QED) is 0.866. The zero-order chi connectivity index (χ0) is 17.4. The number of carbonyl (C=O) groups is 1. The molecule has 0 atom stereocenters. The van der Waals surface area contributed by atoms with Gasteiger partial charge < -0.3 is 16.0 Å². The molecule has 3 N–H and O–H groups in total. The second kappa shape index (κ2) is 6.67. The number of fused-ring (bicyclic) bond motifs is 1. The number of carbonyl (C=O) groups excluding carboxylic acids is 1. The maximum absolute atomic E-state index is 13.3. The van der Waals surface area contributed by atoms with E-state index in [1.54, 1.807) is 0 Å². The Kier molecular flexibility index (Phi) is 4.37. The fraction of sp³-hybridized carbons (Fsp3) is 0.579. The molecule has 0 spiro atoms. The molecule has 1 aromatic heterocycles. The van der Waals surface area contributed by atoms with E-state index >= 15 is 0 Å². The second-order valence-corrected chi connectivity index (χ2v) is 7.45. The summed E-state index contributed by atoms with van der Waals surface area (Å²) < 4.78 is 1.86. The van der Waals surface area contributed by atoms with Crippen molar-refractivity contribution in [2.75, 3.05) is 11.9 Å². The summed E-state index contributed by atoms with van der Waals surface area (Å²) in [6.07, 6.45) is 12.1. The predicted molar refractivity (Wildman–Crippen MR) is 97.3 cm³/mol. The summed E-state index contributed by atoms with van der Waals surface area (Å²) in [5, 5.41) is 7.90. The summed E-state index contributed by atoms with van der Waals surface area (Å²) in [5.41, 5.74) is 9.05. The van der Waals surface area contributed by atoms with E-state index in [2.05, 4.69) is 22.6 Å². The molecule has 0 saturated heterocycles. The molecule has 1 saturated carbocycles. The topological polar surface area (TPSA) is 76.2 Å². The molecule has 2 aliphatic carbocycles. The first kappa shape index (κ1) is 16.4. The van der Waals surface area contributed by atoms with Crippen molar-refractivity contribution in [3.63, 3.8) is 0 Å². The first-order valence-corrected chi connectivity index (χ1v) is 9.36. The number of aromatic nitrogens is 2. The van der Waals surface area contributed by atoms with E-state index in [0.29, 0.717) is 12.5 Å². The van der Waals surface area contributed by atoms with Gasteiger partial charge in [0.05, 0.1) is 18.4 Å². The number of aryl methyl sites for hydroxylation is 1. The molecule has 0 bridgehead atoms. The number of nitrogens with one attached hydrogen (secondary N) is 1. The van der Waals surface area contributed by atoms with Crippen LogP contribution in [-0.4, -0.2) is 27.1 Å². The van der Waals surface area contributed by atoms with Gasteiger partial charge in [0.25, 0.3) is 0 Å². The molecule has 1 amide bonds. The zero-order valence-electron chi connectivity index (χ0n) is 14.9. The molecular formula is C19H27N5O. The Morgan fingerprint density at radius 3 is 2.92 bits per heavy atom. The van der Waals surface area contributed by atoms with Gasteiger partial charge in [-0.2, -0.15) is 5.10 Å². The van der Waals surface area contributed by atoms with Crippen molar-refractivity contribution in [2.45, 2.75) is 45.1 Å². The Balaban J connectivity index is 1.62. The average Bonchev–Trinajstić information content (AvgIpc) is 2.90. The highest BCUT2D eigenvalue weighted by atomic mass is 16.2. The van der Waals surface area contributed by atoms with Gasteiger partial charge in [0.1, 0.15) is 5.82 Å². The van der Waals surface area contributed by atoms with E-state index in [1.807, 2.05) is 22.8 Å². The fourth-order valence-electron chi connectivity index (χ4n) is 4.25. The van der Waals surface area contributed by atoms with Crippen molar-refractivity contribution in [3.05, 3.63) is 35.3 Å². The summed E-state index contributed by atoms with van der Waals surface area (Å²) in [6, 6.07) is 0. The Labute approximate surface area is 148 Å². The van der Waals surface area contributed by atoms with Gasteiger partial charge in [-0.05, 0) is 57.1 Å². The van der Waals surface area contributed by atoms with E-state index in [-0.39, 0.29) is 11.8 Å². The van der Waals surface area contributed by atoms with Crippen molar-refractivity contribution in [1.82, 2.24) is 14.7 Å². The molecule has 0 aromatic carbocycles. The lowest BCUT2D eigenvalue weighted by Gasteiger charge is -2.33. The Morgan fingerprint density at radius 1 is 1.36 bits per heavy atom. The summed E-state index contributed by atoms with van der Waals surface area (Å²) in [6.45, 7) is 1.33. The molecule has 6 heteroatoms. The van der Waals surface area contributed by atoms with E-state index in [0.717, 1.165) is 67.8 Å². The van der Waals surface area contributed by atoms with E-state index in [4.69, 9.17) is 5.73 Å². The lowest BCUT2D eigenvalue weighted by Crippen LogP contribution is -2.37. The van der Waals surface area contributed by atoms with Crippen LogP contribution in [0.5, 0.6) is 0 Å². The lowest BCUT2D eigenvalue weighted by molar-refractivity contribution is -0.135. The first-order valence-electron chi connectivity index (χ1n) is 9.36. The van der Waals surface area contributed by atoms with Crippen LogP contribution in [0, 0.1) is 11.8 Å². The minimum atomic E-state index is 0.116. The molecular weight excluding hydrogens is 314 g/mol. The summed E-state index contributed by atoms with van der Waals surface area (Å²) in [4.78, 5) is 15.3. The number of anilines is 1. The van der Waals surface area contributed by atoms with Crippen LogP contribution in [0.15, 0.2) is 29.7 Å². The van der Waals surface area contributed by atoms with Crippen molar-refractivity contribution in [2.24, 2.45) is 24.6 Å². The number of allylic oxidation sites excluding steroid dienone is 3. The Morgan fingerprint density at radius 2 is 2.16 bits per heavy atom. The van der Waals surface area contributed by atoms with Crippen LogP contribution >= 0.6 is 0 Å². The fourth-order valence-corrected chi connectivity index (χ4v) is 4.25. The third-order valence-electron chi connectivity index (χ3n) is 5.84. The third-order valence-corrected chi connectivity index (χ3v) is 5.84. The van der Waals surface area contributed by atoms with Crippen molar-refractivity contribution in [1.29, 1.82) is 0 Å². The van der Waals surface area contributed by atoms with E-state index in [1.165, 1.54) is 0 Å². The van der Waals surface area contributed by atoms with Crippen LogP contribution in [0.4, 0.5) is 5.82 Å². The third kappa shape index (κ3) is 2.99. The normalized spacial score (nSPS) is 25.9. The van der Waals surface area contributed by atoms with Crippen molar-refractivity contribution < 1.29 is 4.79 Å². The minimum Gasteiger partial charge on any atom is -0.342 e. The molecule has 1 aromatic rings. The highest BCUT2D eigenvalue weighted by Crippen LogP contribution is 2.35. The van der Waals surface area contributed by atoms with Gasteiger partial charge in [-0.3, -0.25) is 9.48 Å². The number of amides is 1. The second-order valence-electron chi connectivity index (χ2n) is 7.45. The van der Waals surface area contributed by atoms with Crippen LogP contribution in [0.3, 0.4) is 0 Å². The summed E-state index contributed by atoms with van der Waals surface area (Å²) in [7, 11) is 1.94. The summed E-state index contributed by atoms with van der Waals surface area (Å²) in [5.74, 6) is 1.96. The largest absolute Gasteiger partial charge is 0.342 e. The molecule has 25 heavy (non-hydrogen) atoms. The van der Waals surface area contributed by atoms with Gasteiger partial charge in [0, 0.05) is 24.2 Å². The number of hydrogen-bond donors (Lipinski definition) is 2. The maximum Gasteiger partial charge on any atom is 0.230 e. The highest BCUT2D eigenvalue weighted by molar-refractivity contribution is 5.82. The number of rotatable bonds is 2. The number of hydrogen-bond acceptors (Lipinski definition) is 4. The van der Waals surface area contributed by atoms with E-state index in [9.17, 15) is 4.79 Å². The van der Waals surface area contributed by atoms with Gasteiger partial charge in [-0.25, -0.2) is 0 Å². The molecule has 3 aliphatic rings. The molecule has 1 aliphatic heterocycles. The Hall–Kier alpha value is -2.08. The van der Waals surface area contributed by atoms with Gasteiger partial charge in [-0.1, -0.05) is 6.08 Å². The van der Waals surface area contributed by atoms with Crippen LogP contribution in [0.1, 0.15) is 44.1 Å². The zero-order valence-corrected chi connectivity index (χ0v) is 14.9. The smallest absolute Gasteiger partial charge is 0.230 e. The van der Waals surface area contributed by atoms with Crippen LogP contribution < -0.4 is 11.1 Å². The monoisotopic (exact) mass is 341 g/mol. The molecule has 0 unspecified atom stereocenters. The van der Waals surface area contributed by atoms with Crippen LogP contribution in [-0.2, 0) is 18.4 Å². The van der Waals surface area contributed by atoms with Crippen LogP contribution in [0.25, 0.3) is 0 Å². The van der Waals surface area contributed by atoms with Crippen molar-refractivity contribution in [3.8, 4) is 0 Å². The summed E-state index contributed by atoms with van der Waals surface area (Å²) >= 11 is 0. The van der Waals surface area contributed by atoms with Gasteiger partial charge in [0.15, 0.2) is 0 Å². The standard InChI is InChI=1S/C19H27N5O/c1-23-18-15(11-21-23)12-24(17-5-3-2-4-16(17)22-18)19(25)14-8-6-13(10-20)7-9-14/h3,5,11,13-14,22H,2,4,6-10,12,20H2,1H3. The average molecular weight is 341 g/mol. The SMILES string of the molecule is Cn1ncc2c1NC1=C(C=CCC1)N(C(=O)C1CCC(CN)CC1)C2. The van der Waals surface area contributed by atoms with Gasteiger partial charge in [-0.15, -0.1) is 0 Å². The molecule has 0 radical (unpaired) electrons. The molecule has 6 nitrogen and oxygen atoms in total. The molecule has 1 fully saturated rings. The van der Waals surface area contributed by atoms with Crippen LogP contribution in [0.2, 0.25) is 0 Å². The van der Waals surface area contributed by atoms with E-state index < -0.39 is 0 Å². The van der Waals surface area contributed by atoms with Gasteiger partial charge in [0.2, 0.25) is 5.91 Å². The first-order chi connectivity index (χ1) is 12.2. The maximum atomic E-state index is 13.3. The highest BCUT2D eigenvalue weighted by Gasteiger charge is 2.33. The van der Waals surface area contributed by atoms with Gasteiger partial charge >= 0.3 is 0 Å². The molecule has 2 heterocycles.